The highest BCUT2D eigenvalue weighted by atomic mass is 16.5. The second-order valence-electron chi connectivity index (χ2n) is 5.00. The molecule has 1 saturated heterocycles. The Morgan fingerprint density at radius 3 is 3.00 bits per heavy atom. The Morgan fingerprint density at radius 1 is 1.38 bits per heavy atom. The predicted molar refractivity (Wildman–Crippen MR) is 77.0 cm³/mol. The lowest BCUT2D eigenvalue weighted by molar-refractivity contribution is -0.134. The van der Waals surface area contributed by atoms with Crippen molar-refractivity contribution in [2.45, 2.75) is 12.5 Å². The van der Waals surface area contributed by atoms with Crippen LogP contribution in [0.4, 0.5) is 0 Å². The molecule has 1 aliphatic heterocycles. The summed E-state index contributed by atoms with van der Waals surface area (Å²) in [6, 6.07) is 7.65. The van der Waals surface area contributed by atoms with Gasteiger partial charge in [0.25, 0.3) is 0 Å². The van der Waals surface area contributed by atoms with Crippen molar-refractivity contribution in [1.29, 1.82) is 0 Å². The number of hydrogen-bond acceptors (Lipinski definition) is 5. The summed E-state index contributed by atoms with van der Waals surface area (Å²) in [4.78, 5) is 22.2. The van der Waals surface area contributed by atoms with E-state index in [-0.39, 0.29) is 18.6 Å². The van der Waals surface area contributed by atoms with Crippen LogP contribution in [-0.2, 0) is 9.53 Å². The van der Waals surface area contributed by atoms with Gasteiger partial charge in [-0.1, -0.05) is 12.1 Å². The Kier molecular flexibility index (Phi) is 3.96. The minimum absolute atomic E-state index is 0.00630. The lowest BCUT2D eigenvalue weighted by atomic mass is 10.3. The Balaban J connectivity index is 1.65. The molecule has 2 aromatic rings. The summed E-state index contributed by atoms with van der Waals surface area (Å²) in [7, 11) is 1.52. The molecule has 1 unspecified atom stereocenters. The maximum absolute atomic E-state index is 11.7. The fourth-order valence-corrected chi connectivity index (χ4v) is 2.43. The number of carbonyl (C=O) groups is 1. The van der Waals surface area contributed by atoms with Crippen LogP contribution in [0.15, 0.2) is 30.5 Å². The molecule has 0 aliphatic carbocycles. The summed E-state index contributed by atoms with van der Waals surface area (Å²) in [5, 5.41) is 0. The summed E-state index contributed by atoms with van der Waals surface area (Å²) in [5.41, 5.74) is 1.65. The number of carbonyl (C=O) groups excluding carboxylic acids is 1. The Labute approximate surface area is 122 Å². The highest BCUT2D eigenvalue weighted by Gasteiger charge is 2.27. The maximum Gasteiger partial charge on any atom is 0.248 e. The number of para-hydroxylation sites is 2. The molecule has 110 valence electrons. The third kappa shape index (κ3) is 3.11. The van der Waals surface area contributed by atoms with Crippen LogP contribution in [0, 0.1) is 0 Å². The van der Waals surface area contributed by atoms with Gasteiger partial charge in [0.15, 0.2) is 0 Å². The van der Waals surface area contributed by atoms with Crippen LogP contribution in [0.5, 0.6) is 5.88 Å². The first-order chi connectivity index (χ1) is 10.3. The third-order valence-corrected chi connectivity index (χ3v) is 3.48. The number of methoxy groups -OCH3 is 1. The molecular formula is C15H17N3O3. The highest BCUT2D eigenvalue weighted by Crippen LogP contribution is 2.18. The average Bonchev–Trinajstić information content (AvgIpc) is 2.96. The van der Waals surface area contributed by atoms with Crippen LogP contribution >= 0.6 is 0 Å². The number of amides is 1. The van der Waals surface area contributed by atoms with Crippen molar-refractivity contribution in [2.75, 3.05) is 26.8 Å². The minimum Gasteiger partial charge on any atom is -0.471 e. The smallest absolute Gasteiger partial charge is 0.248 e. The largest absolute Gasteiger partial charge is 0.471 e. The molecule has 0 bridgehead atoms. The van der Waals surface area contributed by atoms with Gasteiger partial charge in [-0.25, -0.2) is 9.97 Å². The monoisotopic (exact) mass is 287 g/mol. The fourth-order valence-electron chi connectivity index (χ4n) is 2.43. The van der Waals surface area contributed by atoms with Crippen molar-refractivity contribution in [3.05, 3.63) is 30.5 Å². The van der Waals surface area contributed by atoms with E-state index in [2.05, 4.69) is 9.97 Å². The molecule has 0 spiro atoms. The molecule has 0 saturated carbocycles. The van der Waals surface area contributed by atoms with Gasteiger partial charge in [-0.2, -0.15) is 0 Å². The first-order valence-corrected chi connectivity index (χ1v) is 6.91. The summed E-state index contributed by atoms with van der Waals surface area (Å²) in [6.45, 7) is 1.37. The van der Waals surface area contributed by atoms with E-state index in [1.54, 1.807) is 11.1 Å². The Morgan fingerprint density at radius 2 is 2.19 bits per heavy atom. The molecule has 21 heavy (non-hydrogen) atoms. The predicted octanol–water partition coefficient (Wildman–Crippen LogP) is 1.26. The summed E-state index contributed by atoms with van der Waals surface area (Å²) >= 11 is 0. The number of fused-ring (bicyclic) bond motifs is 1. The van der Waals surface area contributed by atoms with Crippen LogP contribution < -0.4 is 4.74 Å². The number of hydrogen-bond donors (Lipinski definition) is 0. The first-order valence-electron chi connectivity index (χ1n) is 6.91. The molecule has 1 aromatic heterocycles. The molecule has 1 aliphatic rings. The molecule has 6 heteroatoms. The van der Waals surface area contributed by atoms with Crippen LogP contribution in [0.3, 0.4) is 0 Å². The van der Waals surface area contributed by atoms with Crippen molar-refractivity contribution in [1.82, 2.24) is 14.9 Å². The standard InChI is InChI=1S/C15H17N3O3/c1-20-10-15(19)18-7-6-11(9-18)21-14-8-16-12-4-2-3-5-13(12)17-14/h2-5,8,11H,6-7,9-10H2,1H3. The van der Waals surface area contributed by atoms with Gasteiger partial charge < -0.3 is 14.4 Å². The molecule has 3 rings (SSSR count). The topological polar surface area (TPSA) is 64.5 Å². The molecule has 1 amide bonds. The van der Waals surface area contributed by atoms with Gasteiger partial charge >= 0.3 is 0 Å². The van der Waals surface area contributed by atoms with Crippen molar-refractivity contribution in [2.24, 2.45) is 0 Å². The molecular weight excluding hydrogens is 270 g/mol. The molecule has 1 atom stereocenters. The van der Waals surface area contributed by atoms with Crippen LogP contribution in [0.2, 0.25) is 0 Å². The van der Waals surface area contributed by atoms with Gasteiger partial charge in [-0.05, 0) is 12.1 Å². The zero-order chi connectivity index (χ0) is 14.7. The van der Waals surface area contributed by atoms with E-state index in [4.69, 9.17) is 9.47 Å². The molecule has 1 aromatic carbocycles. The van der Waals surface area contributed by atoms with Gasteiger partial charge in [0.1, 0.15) is 12.7 Å². The first kappa shape index (κ1) is 13.8. The van der Waals surface area contributed by atoms with Gasteiger partial charge in [0, 0.05) is 20.1 Å². The van der Waals surface area contributed by atoms with Crippen molar-refractivity contribution < 1.29 is 14.3 Å². The zero-order valence-corrected chi connectivity index (χ0v) is 11.9. The van der Waals surface area contributed by atoms with E-state index in [1.165, 1.54) is 7.11 Å². The van der Waals surface area contributed by atoms with Crippen molar-refractivity contribution in [3.8, 4) is 5.88 Å². The van der Waals surface area contributed by atoms with E-state index < -0.39 is 0 Å². The van der Waals surface area contributed by atoms with Crippen LogP contribution in [-0.4, -0.2) is 53.7 Å². The van der Waals surface area contributed by atoms with Crippen LogP contribution in [0.1, 0.15) is 6.42 Å². The molecule has 0 N–H and O–H groups in total. The van der Waals surface area contributed by atoms with Crippen LogP contribution in [0.25, 0.3) is 11.0 Å². The van der Waals surface area contributed by atoms with Crippen molar-refractivity contribution >= 4 is 16.9 Å². The maximum atomic E-state index is 11.7. The number of ether oxygens (including phenoxy) is 2. The second-order valence-corrected chi connectivity index (χ2v) is 5.00. The second kappa shape index (κ2) is 6.05. The third-order valence-electron chi connectivity index (χ3n) is 3.48. The lowest BCUT2D eigenvalue weighted by Crippen LogP contribution is -2.33. The van der Waals surface area contributed by atoms with E-state index in [1.807, 2.05) is 24.3 Å². The fraction of sp³-hybridized carbons (Fsp3) is 0.400. The van der Waals surface area contributed by atoms with Gasteiger partial charge in [-0.15, -0.1) is 0 Å². The Hall–Kier alpha value is -2.21. The lowest BCUT2D eigenvalue weighted by Gasteiger charge is -2.16. The minimum atomic E-state index is -0.0405. The number of aromatic nitrogens is 2. The van der Waals surface area contributed by atoms with Crippen molar-refractivity contribution in [3.63, 3.8) is 0 Å². The van der Waals surface area contributed by atoms with Gasteiger partial charge in [-0.3, -0.25) is 4.79 Å². The number of benzene rings is 1. The van der Waals surface area contributed by atoms with Gasteiger partial charge in [0.2, 0.25) is 11.8 Å². The summed E-state index contributed by atoms with van der Waals surface area (Å²) < 4.78 is 10.7. The summed E-state index contributed by atoms with van der Waals surface area (Å²) in [5.74, 6) is 0.493. The molecule has 2 heterocycles. The highest BCUT2D eigenvalue weighted by molar-refractivity contribution is 5.77. The van der Waals surface area contributed by atoms with E-state index in [0.717, 1.165) is 17.5 Å². The molecule has 0 radical (unpaired) electrons. The number of likely N-dealkylation sites (tertiary alicyclic amines) is 1. The normalized spacial score (nSPS) is 18.1. The summed E-state index contributed by atoms with van der Waals surface area (Å²) in [6.07, 6.45) is 2.38. The molecule has 6 nitrogen and oxygen atoms in total. The number of rotatable bonds is 4. The zero-order valence-electron chi connectivity index (χ0n) is 11.9. The van der Waals surface area contributed by atoms with Gasteiger partial charge in [0.05, 0.1) is 23.8 Å². The van der Waals surface area contributed by atoms with E-state index >= 15 is 0 Å². The molecule has 1 fully saturated rings. The van der Waals surface area contributed by atoms with E-state index in [9.17, 15) is 4.79 Å². The Bertz CT molecular complexity index is 647. The number of nitrogens with zero attached hydrogens (tertiary/aromatic N) is 3. The average molecular weight is 287 g/mol. The van der Waals surface area contributed by atoms with E-state index in [0.29, 0.717) is 19.0 Å². The SMILES string of the molecule is COCC(=O)N1CCC(Oc2cnc3ccccc3n2)C1. The quantitative estimate of drug-likeness (QED) is 0.847.